The van der Waals surface area contributed by atoms with E-state index in [1.54, 1.807) is 6.07 Å². The van der Waals surface area contributed by atoms with E-state index >= 15 is 0 Å². The van der Waals surface area contributed by atoms with Crippen LogP contribution < -0.4 is 14.8 Å². The Labute approximate surface area is 124 Å². The molecule has 5 nitrogen and oxygen atoms in total. The topological polar surface area (TPSA) is 67.8 Å². The predicted molar refractivity (Wildman–Crippen MR) is 78.6 cm³/mol. The molecule has 2 unspecified atom stereocenters. The predicted octanol–water partition coefficient (Wildman–Crippen LogP) is 1.76. The monoisotopic (exact) mass is 289 g/mol. The third-order valence-corrected chi connectivity index (χ3v) is 3.29. The molecule has 1 aromatic carbocycles. The quantitative estimate of drug-likeness (QED) is 0.781. The van der Waals surface area contributed by atoms with E-state index in [2.05, 4.69) is 11.2 Å². The van der Waals surface area contributed by atoms with Crippen LogP contribution in [0, 0.1) is 12.3 Å². The molecule has 2 N–H and O–H groups in total. The van der Waals surface area contributed by atoms with Crippen LogP contribution in [0.15, 0.2) is 12.1 Å². The zero-order valence-corrected chi connectivity index (χ0v) is 12.2. The Bertz CT molecular complexity index is 576. The van der Waals surface area contributed by atoms with Crippen molar-refractivity contribution in [2.45, 2.75) is 32.4 Å². The summed E-state index contributed by atoms with van der Waals surface area (Å²) in [7, 11) is 0. The SMILES string of the molecule is C#CCNC(C(=O)O)c1cc2c(cc1OCC)CC(C)O2. The number of terminal acetylenes is 1. The van der Waals surface area contributed by atoms with Gasteiger partial charge in [-0.1, -0.05) is 5.92 Å². The Balaban J connectivity index is 2.42. The lowest BCUT2D eigenvalue weighted by Gasteiger charge is -2.18. The van der Waals surface area contributed by atoms with Crippen molar-refractivity contribution in [3.8, 4) is 23.8 Å². The molecule has 2 atom stereocenters. The summed E-state index contributed by atoms with van der Waals surface area (Å²) < 4.78 is 11.3. The molecule has 0 saturated heterocycles. The Hall–Kier alpha value is -2.19. The molecule has 1 aliphatic heterocycles. The summed E-state index contributed by atoms with van der Waals surface area (Å²) in [5.41, 5.74) is 1.57. The van der Waals surface area contributed by atoms with E-state index in [4.69, 9.17) is 15.9 Å². The highest BCUT2D eigenvalue weighted by atomic mass is 16.5. The van der Waals surface area contributed by atoms with Gasteiger partial charge in [-0.15, -0.1) is 6.42 Å². The average Bonchev–Trinajstić information content (AvgIpc) is 2.78. The lowest BCUT2D eigenvalue weighted by molar-refractivity contribution is -0.139. The van der Waals surface area contributed by atoms with E-state index in [-0.39, 0.29) is 12.6 Å². The second-order valence-corrected chi connectivity index (χ2v) is 4.92. The molecule has 2 rings (SSSR count). The number of benzene rings is 1. The summed E-state index contributed by atoms with van der Waals surface area (Å²) in [5.74, 6) is 2.66. The molecule has 0 aromatic heterocycles. The molecule has 0 radical (unpaired) electrons. The summed E-state index contributed by atoms with van der Waals surface area (Å²) in [6, 6.07) is 2.68. The molecule has 0 spiro atoms. The number of carbonyl (C=O) groups is 1. The molecule has 0 fully saturated rings. The first-order chi connectivity index (χ1) is 10.1. The van der Waals surface area contributed by atoms with Crippen LogP contribution in [0.5, 0.6) is 11.5 Å². The molecular formula is C16H19NO4. The number of carboxylic acid groups (broad SMARTS) is 1. The molecule has 112 valence electrons. The van der Waals surface area contributed by atoms with Gasteiger partial charge in [0.1, 0.15) is 23.6 Å². The Morgan fingerprint density at radius 2 is 2.43 bits per heavy atom. The number of rotatable bonds is 6. The summed E-state index contributed by atoms with van der Waals surface area (Å²) in [5, 5.41) is 12.2. The van der Waals surface area contributed by atoms with Crippen molar-refractivity contribution in [3.05, 3.63) is 23.3 Å². The minimum atomic E-state index is -1.00. The number of ether oxygens (including phenoxy) is 2. The van der Waals surface area contributed by atoms with Crippen molar-refractivity contribution in [2.24, 2.45) is 0 Å². The second kappa shape index (κ2) is 6.51. The highest BCUT2D eigenvalue weighted by molar-refractivity contribution is 5.77. The van der Waals surface area contributed by atoms with Crippen molar-refractivity contribution < 1.29 is 19.4 Å². The van der Waals surface area contributed by atoms with Crippen LogP contribution in [0.4, 0.5) is 0 Å². The summed E-state index contributed by atoms with van der Waals surface area (Å²) in [6.45, 7) is 4.46. The third kappa shape index (κ3) is 3.29. The van der Waals surface area contributed by atoms with Crippen molar-refractivity contribution >= 4 is 5.97 Å². The first kappa shape index (κ1) is 15.2. The maximum Gasteiger partial charge on any atom is 0.325 e. The lowest BCUT2D eigenvalue weighted by atomic mass is 10.0. The highest BCUT2D eigenvalue weighted by Gasteiger charge is 2.28. The Morgan fingerprint density at radius 1 is 1.67 bits per heavy atom. The van der Waals surface area contributed by atoms with Gasteiger partial charge in [0, 0.05) is 17.5 Å². The third-order valence-electron chi connectivity index (χ3n) is 3.29. The maximum atomic E-state index is 11.5. The van der Waals surface area contributed by atoms with E-state index in [0.717, 1.165) is 17.7 Å². The molecule has 1 heterocycles. The number of carboxylic acids is 1. The average molecular weight is 289 g/mol. The minimum Gasteiger partial charge on any atom is -0.494 e. The van der Waals surface area contributed by atoms with Gasteiger partial charge < -0.3 is 14.6 Å². The zero-order chi connectivity index (χ0) is 15.4. The van der Waals surface area contributed by atoms with Gasteiger partial charge in [-0.05, 0) is 26.0 Å². The number of hydrogen-bond acceptors (Lipinski definition) is 4. The van der Waals surface area contributed by atoms with Crippen LogP contribution >= 0.6 is 0 Å². The lowest BCUT2D eigenvalue weighted by Crippen LogP contribution is -2.29. The van der Waals surface area contributed by atoms with Gasteiger partial charge >= 0.3 is 5.97 Å². The van der Waals surface area contributed by atoms with E-state index in [0.29, 0.717) is 17.9 Å². The molecule has 0 bridgehead atoms. The van der Waals surface area contributed by atoms with E-state index in [1.165, 1.54) is 0 Å². The van der Waals surface area contributed by atoms with Gasteiger partial charge in [-0.25, -0.2) is 0 Å². The molecule has 1 aromatic rings. The summed E-state index contributed by atoms with van der Waals surface area (Å²) >= 11 is 0. The van der Waals surface area contributed by atoms with Crippen LogP contribution in [0.1, 0.15) is 31.0 Å². The Morgan fingerprint density at radius 3 is 3.05 bits per heavy atom. The van der Waals surface area contributed by atoms with Crippen molar-refractivity contribution in [1.82, 2.24) is 5.32 Å². The molecule has 21 heavy (non-hydrogen) atoms. The fraction of sp³-hybridized carbons (Fsp3) is 0.438. The fourth-order valence-electron chi connectivity index (χ4n) is 2.45. The summed E-state index contributed by atoms with van der Waals surface area (Å²) in [4.78, 5) is 11.5. The van der Waals surface area contributed by atoms with Crippen LogP contribution in [0.2, 0.25) is 0 Å². The molecule has 0 amide bonds. The van der Waals surface area contributed by atoms with Crippen LogP contribution in [-0.2, 0) is 11.2 Å². The van der Waals surface area contributed by atoms with Gasteiger partial charge in [0.25, 0.3) is 0 Å². The zero-order valence-electron chi connectivity index (χ0n) is 12.2. The van der Waals surface area contributed by atoms with E-state index < -0.39 is 12.0 Å². The maximum absolute atomic E-state index is 11.5. The standard InChI is InChI=1S/C16H19NO4/c1-4-6-17-15(16(18)19)12-9-13-11(7-10(3)21-13)8-14(12)20-5-2/h1,8-10,15,17H,5-7H2,2-3H3,(H,18,19). The molecule has 1 aliphatic rings. The number of hydrogen-bond donors (Lipinski definition) is 2. The van der Waals surface area contributed by atoms with Crippen molar-refractivity contribution in [2.75, 3.05) is 13.2 Å². The van der Waals surface area contributed by atoms with Crippen LogP contribution in [0.3, 0.4) is 0 Å². The Kier molecular flexibility index (Phi) is 4.71. The van der Waals surface area contributed by atoms with Crippen LogP contribution in [0.25, 0.3) is 0 Å². The number of nitrogens with one attached hydrogen (secondary N) is 1. The molecule has 0 saturated carbocycles. The normalized spacial score (nSPS) is 17.5. The second-order valence-electron chi connectivity index (χ2n) is 4.92. The van der Waals surface area contributed by atoms with E-state index in [1.807, 2.05) is 19.9 Å². The van der Waals surface area contributed by atoms with Gasteiger partial charge in [-0.2, -0.15) is 0 Å². The van der Waals surface area contributed by atoms with Gasteiger partial charge in [-0.3, -0.25) is 10.1 Å². The summed E-state index contributed by atoms with van der Waals surface area (Å²) in [6.07, 6.45) is 6.09. The smallest absolute Gasteiger partial charge is 0.325 e. The van der Waals surface area contributed by atoms with Gasteiger partial charge in [0.05, 0.1) is 13.2 Å². The minimum absolute atomic E-state index is 0.0895. The van der Waals surface area contributed by atoms with Crippen molar-refractivity contribution in [3.63, 3.8) is 0 Å². The highest BCUT2D eigenvalue weighted by Crippen LogP contribution is 2.37. The van der Waals surface area contributed by atoms with Crippen LogP contribution in [-0.4, -0.2) is 30.3 Å². The molecule has 0 aliphatic carbocycles. The van der Waals surface area contributed by atoms with Gasteiger partial charge in [0.15, 0.2) is 0 Å². The molecule has 5 heteroatoms. The molecular weight excluding hydrogens is 270 g/mol. The van der Waals surface area contributed by atoms with Crippen molar-refractivity contribution in [1.29, 1.82) is 0 Å². The van der Waals surface area contributed by atoms with Gasteiger partial charge in [0.2, 0.25) is 0 Å². The fourth-order valence-corrected chi connectivity index (χ4v) is 2.45. The number of aliphatic carboxylic acids is 1. The largest absolute Gasteiger partial charge is 0.494 e. The number of fused-ring (bicyclic) bond motifs is 1. The van der Waals surface area contributed by atoms with E-state index in [9.17, 15) is 9.90 Å². The first-order valence-electron chi connectivity index (χ1n) is 6.92. The first-order valence-corrected chi connectivity index (χ1v) is 6.92.